The predicted molar refractivity (Wildman–Crippen MR) is 72.1 cm³/mol. The highest BCUT2D eigenvalue weighted by molar-refractivity contribution is 5.49. The van der Waals surface area contributed by atoms with Crippen molar-refractivity contribution in [3.05, 3.63) is 58.9 Å². The van der Waals surface area contributed by atoms with Crippen molar-refractivity contribution in [2.24, 2.45) is 0 Å². The molecule has 0 radical (unpaired) electrons. The van der Waals surface area contributed by atoms with Crippen molar-refractivity contribution in [2.75, 3.05) is 5.32 Å². The van der Waals surface area contributed by atoms with Gasteiger partial charge in [0.25, 0.3) is 0 Å². The fraction of sp³-hybridized carbons (Fsp3) is 0.267. The lowest BCUT2D eigenvalue weighted by molar-refractivity contribution is 0.494. The monoisotopic (exact) mass is 262 g/mol. The summed E-state index contributed by atoms with van der Waals surface area (Å²) in [6.07, 6.45) is 0. The van der Waals surface area contributed by atoms with Gasteiger partial charge in [-0.2, -0.15) is 0 Å². The maximum absolute atomic E-state index is 13.7. The Hall–Kier alpha value is -1.97. The maximum atomic E-state index is 13.7. The molecule has 0 aliphatic carbocycles. The summed E-state index contributed by atoms with van der Waals surface area (Å²) in [6.45, 7) is 5.58. The minimum Gasteiger partial charge on any atom is -0.377 e. The van der Waals surface area contributed by atoms with Crippen LogP contribution in [0.5, 0.6) is 0 Å². The van der Waals surface area contributed by atoms with Gasteiger partial charge in [0.05, 0.1) is 17.4 Å². The summed E-state index contributed by atoms with van der Waals surface area (Å²) >= 11 is 0. The average Bonchev–Trinajstić information content (AvgIpc) is 2.36. The number of pyridine rings is 1. The number of hydrogen-bond donors (Lipinski definition) is 1. The van der Waals surface area contributed by atoms with Gasteiger partial charge in [0.1, 0.15) is 0 Å². The number of anilines is 1. The van der Waals surface area contributed by atoms with E-state index in [0.717, 1.165) is 23.1 Å². The quantitative estimate of drug-likeness (QED) is 0.898. The largest absolute Gasteiger partial charge is 0.377 e. The van der Waals surface area contributed by atoms with Crippen LogP contribution in [0.2, 0.25) is 0 Å². The van der Waals surface area contributed by atoms with Crippen molar-refractivity contribution < 1.29 is 8.78 Å². The number of nitrogens with one attached hydrogen (secondary N) is 1. The third kappa shape index (κ3) is 2.89. The summed E-state index contributed by atoms with van der Waals surface area (Å²) in [6, 6.07) is 7.64. The Labute approximate surface area is 111 Å². The number of benzene rings is 1. The molecule has 2 rings (SSSR count). The number of hydrogen-bond acceptors (Lipinski definition) is 2. The predicted octanol–water partition coefficient (Wildman–Crippen LogP) is 4.15. The average molecular weight is 262 g/mol. The maximum Gasteiger partial charge on any atom is 0.164 e. The zero-order valence-electron chi connectivity index (χ0n) is 11.2. The molecule has 100 valence electrons. The first-order valence-corrected chi connectivity index (χ1v) is 6.13. The zero-order chi connectivity index (χ0) is 14.0. The van der Waals surface area contributed by atoms with E-state index in [0.29, 0.717) is 5.56 Å². The van der Waals surface area contributed by atoms with Gasteiger partial charge in [0.2, 0.25) is 0 Å². The Kier molecular flexibility index (Phi) is 3.79. The van der Waals surface area contributed by atoms with Crippen molar-refractivity contribution in [1.82, 2.24) is 4.98 Å². The SMILES string of the molecule is Cc1ccc(NC(C)c2cccc(F)c2F)c(C)n1. The first-order valence-electron chi connectivity index (χ1n) is 6.13. The van der Waals surface area contributed by atoms with Crippen LogP contribution in [0.25, 0.3) is 0 Å². The standard InChI is InChI=1S/C15H16F2N2/c1-9-7-8-14(11(3)18-9)19-10(2)12-5-4-6-13(16)15(12)17/h4-8,10,19H,1-3H3. The van der Waals surface area contributed by atoms with Crippen LogP contribution in [-0.2, 0) is 0 Å². The third-order valence-corrected chi connectivity index (χ3v) is 3.05. The molecule has 0 bridgehead atoms. The second-order valence-corrected chi connectivity index (χ2v) is 4.59. The van der Waals surface area contributed by atoms with Gasteiger partial charge < -0.3 is 5.32 Å². The van der Waals surface area contributed by atoms with E-state index in [2.05, 4.69) is 10.3 Å². The summed E-state index contributed by atoms with van der Waals surface area (Å²) in [7, 11) is 0. The van der Waals surface area contributed by atoms with Crippen molar-refractivity contribution in [2.45, 2.75) is 26.8 Å². The van der Waals surface area contributed by atoms with Crippen LogP contribution in [-0.4, -0.2) is 4.98 Å². The molecular formula is C15H16F2N2. The molecule has 0 saturated heterocycles. The fourth-order valence-corrected chi connectivity index (χ4v) is 2.01. The van der Waals surface area contributed by atoms with Crippen LogP contribution >= 0.6 is 0 Å². The highest BCUT2D eigenvalue weighted by Gasteiger charge is 2.14. The van der Waals surface area contributed by atoms with Gasteiger partial charge in [-0.1, -0.05) is 12.1 Å². The number of aryl methyl sites for hydroxylation is 2. The minimum absolute atomic E-state index is 0.306. The molecule has 1 heterocycles. The third-order valence-electron chi connectivity index (χ3n) is 3.05. The summed E-state index contributed by atoms with van der Waals surface area (Å²) < 4.78 is 26.9. The van der Waals surface area contributed by atoms with Crippen LogP contribution in [0.15, 0.2) is 30.3 Å². The molecule has 2 aromatic rings. The van der Waals surface area contributed by atoms with E-state index >= 15 is 0 Å². The van der Waals surface area contributed by atoms with E-state index in [1.807, 2.05) is 26.0 Å². The lowest BCUT2D eigenvalue weighted by Gasteiger charge is -2.18. The van der Waals surface area contributed by atoms with Gasteiger partial charge in [-0.25, -0.2) is 8.78 Å². The molecule has 1 aromatic heterocycles. The molecule has 19 heavy (non-hydrogen) atoms. The van der Waals surface area contributed by atoms with Gasteiger partial charge in [0.15, 0.2) is 11.6 Å². The first kappa shape index (κ1) is 13.5. The summed E-state index contributed by atoms with van der Waals surface area (Å²) in [4.78, 5) is 4.33. The van der Waals surface area contributed by atoms with Crippen LogP contribution in [0, 0.1) is 25.5 Å². The van der Waals surface area contributed by atoms with E-state index in [1.54, 1.807) is 13.0 Å². The van der Waals surface area contributed by atoms with Gasteiger partial charge in [-0.3, -0.25) is 4.98 Å². The van der Waals surface area contributed by atoms with Gasteiger partial charge in [-0.15, -0.1) is 0 Å². The van der Waals surface area contributed by atoms with Crippen LogP contribution in [0.4, 0.5) is 14.5 Å². The molecule has 0 spiro atoms. The number of halogens is 2. The van der Waals surface area contributed by atoms with Gasteiger partial charge in [0, 0.05) is 11.3 Å². The van der Waals surface area contributed by atoms with E-state index in [-0.39, 0.29) is 6.04 Å². The Morgan fingerprint density at radius 2 is 1.84 bits per heavy atom. The van der Waals surface area contributed by atoms with Crippen molar-refractivity contribution in [1.29, 1.82) is 0 Å². The zero-order valence-corrected chi connectivity index (χ0v) is 11.2. The smallest absolute Gasteiger partial charge is 0.164 e. The topological polar surface area (TPSA) is 24.9 Å². The van der Waals surface area contributed by atoms with E-state index < -0.39 is 11.6 Å². The molecule has 1 atom stereocenters. The Morgan fingerprint density at radius 1 is 1.11 bits per heavy atom. The molecule has 1 N–H and O–H groups in total. The second kappa shape index (κ2) is 5.34. The van der Waals surface area contributed by atoms with Crippen LogP contribution < -0.4 is 5.32 Å². The van der Waals surface area contributed by atoms with Crippen molar-refractivity contribution in [3.63, 3.8) is 0 Å². The normalized spacial score (nSPS) is 12.3. The highest BCUT2D eigenvalue weighted by Crippen LogP contribution is 2.24. The van der Waals surface area contributed by atoms with Crippen LogP contribution in [0.3, 0.4) is 0 Å². The minimum atomic E-state index is -0.829. The molecule has 0 aliphatic heterocycles. The molecule has 4 heteroatoms. The molecule has 0 amide bonds. The fourth-order valence-electron chi connectivity index (χ4n) is 2.01. The van der Waals surface area contributed by atoms with E-state index in [9.17, 15) is 8.78 Å². The van der Waals surface area contributed by atoms with E-state index in [1.165, 1.54) is 6.07 Å². The van der Waals surface area contributed by atoms with Crippen LogP contribution in [0.1, 0.15) is 29.9 Å². The van der Waals surface area contributed by atoms with Crippen molar-refractivity contribution >= 4 is 5.69 Å². The van der Waals surface area contributed by atoms with Crippen molar-refractivity contribution in [3.8, 4) is 0 Å². The second-order valence-electron chi connectivity index (χ2n) is 4.59. The lowest BCUT2D eigenvalue weighted by Crippen LogP contribution is -2.11. The molecule has 1 aromatic carbocycles. The molecule has 0 aliphatic rings. The summed E-state index contributed by atoms with van der Waals surface area (Å²) in [5.41, 5.74) is 2.89. The molecule has 0 fully saturated rings. The Bertz CT molecular complexity index is 597. The Balaban J connectivity index is 2.25. The first-order chi connectivity index (χ1) is 8.99. The molecule has 0 saturated carbocycles. The number of nitrogens with zero attached hydrogens (tertiary/aromatic N) is 1. The summed E-state index contributed by atoms with van der Waals surface area (Å²) in [5, 5.41) is 3.15. The Morgan fingerprint density at radius 3 is 2.53 bits per heavy atom. The lowest BCUT2D eigenvalue weighted by atomic mass is 10.1. The molecule has 1 unspecified atom stereocenters. The number of aromatic nitrogens is 1. The van der Waals surface area contributed by atoms with Gasteiger partial charge in [-0.05, 0) is 39.0 Å². The summed E-state index contributed by atoms with van der Waals surface area (Å²) in [5.74, 6) is -1.63. The molecule has 2 nitrogen and oxygen atoms in total. The molecular weight excluding hydrogens is 246 g/mol. The highest BCUT2D eigenvalue weighted by atomic mass is 19.2. The van der Waals surface area contributed by atoms with Gasteiger partial charge >= 0.3 is 0 Å². The number of rotatable bonds is 3. The van der Waals surface area contributed by atoms with E-state index in [4.69, 9.17) is 0 Å².